The van der Waals surface area contributed by atoms with Crippen molar-refractivity contribution in [3.8, 4) is 10.4 Å². The number of allylic oxidation sites excluding steroid dienone is 3. The lowest BCUT2D eigenvalue weighted by atomic mass is 10.1. The number of nitrogens with zero attached hydrogens (tertiary/aromatic N) is 1. The zero-order valence-electron chi connectivity index (χ0n) is 14.3. The van der Waals surface area contributed by atoms with Crippen LogP contribution >= 0.6 is 11.3 Å². The Hall–Kier alpha value is -3.17. The predicted molar refractivity (Wildman–Crippen MR) is 112 cm³/mol. The van der Waals surface area contributed by atoms with Crippen LogP contribution in [0.1, 0.15) is 9.67 Å². The van der Waals surface area contributed by atoms with Gasteiger partial charge in [0.1, 0.15) is 0 Å². The third-order valence-electron chi connectivity index (χ3n) is 3.92. The summed E-state index contributed by atoms with van der Waals surface area (Å²) >= 11 is 1.49. The molecule has 1 aromatic heterocycles. The maximum absolute atomic E-state index is 10.9. The van der Waals surface area contributed by atoms with E-state index in [2.05, 4.69) is 54.5 Å². The van der Waals surface area contributed by atoms with Gasteiger partial charge in [-0.25, -0.2) is 0 Å². The number of benzene rings is 2. The van der Waals surface area contributed by atoms with Crippen LogP contribution in [0.3, 0.4) is 0 Å². The highest BCUT2D eigenvalue weighted by Gasteiger charge is 2.12. The molecule has 26 heavy (non-hydrogen) atoms. The molecule has 0 spiro atoms. The molecule has 0 atom stereocenters. The van der Waals surface area contributed by atoms with Crippen molar-refractivity contribution >= 4 is 29.0 Å². The lowest BCUT2D eigenvalue weighted by Gasteiger charge is -2.26. The summed E-state index contributed by atoms with van der Waals surface area (Å²) in [5.74, 6) is 0. The molecule has 0 radical (unpaired) electrons. The molecule has 0 saturated heterocycles. The summed E-state index contributed by atoms with van der Waals surface area (Å²) in [5, 5.41) is 0. The Kier molecular flexibility index (Phi) is 5.62. The Morgan fingerprint density at radius 3 is 2.15 bits per heavy atom. The van der Waals surface area contributed by atoms with Crippen LogP contribution < -0.4 is 4.90 Å². The summed E-state index contributed by atoms with van der Waals surface area (Å²) in [6, 6.07) is 22.2. The first kappa shape index (κ1) is 17.6. The van der Waals surface area contributed by atoms with Gasteiger partial charge in [-0.1, -0.05) is 49.6 Å². The molecule has 3 heteroatoms. The van der Waals surface area contributed by atoms with Crippen LogP contribution in [0.25, 0.3) is 10.4 Å². The van der Waals surface area contributed by atoms with Crippen LogP contribution in [0.2, 0.25) is 0 Å². The Morgan fingerprint density at radius 1 is 0.885 bits per heavy atom. The molecule has 0 unspecified atom stereocenters. The summed E-state index contributed by atoms with van der Waals surface area (Å²) in [4.78, 5) is 14.8. The Labute approximate surface area is 158 Å². The lowest BCUT2D eigenvalue weighted by Crippen LogP contribution is -2.14. The SMILES string of the molecule is C=C/C=C(\C=C)N(c1ccccc1)c1ccc(-c2ccc(C=O)s2)cc1. The third kappa shape index (κ3) is 3.73. The highest BCUT2D eigenvalue weighted by Crippen LogP contribution is 2.33. The molecule has 1 heterocycles. The minimum Gasteiger partial charge on any atom is -0.311 e. The number of hydrogen-bond donors (Lipinski definition) is 0. The van der Waals surface area contributed by atoms with Gasteiger partial charge in [-0.3, -0.25) is 4.79 Å². The highest BCUT2D eigenvalue weighted by atomic mass is 32.1. The summed E-state index contributed by atoms with van der Waals surface area (Å²) in [7, 11) is 0. The van der Waals surface area contributed by atoms with Gasteiger partial charge in [-0.15, -0.1) is 11.3 Å². The van der Waals surface area contributed by atoms with Crippen molar-refractivity contribution in [3.05, 3.63) is 109 Å². The van der Waals surface area contributed by atoms with Gasteiger partial charge in [0, 0.05) is 21.9 Å². The van der Waals surface area contributed by atoms with Crippen LogP contribution in [-0.2, 0) is 0 Å². The smallest absolute Gasteiger partial charge is 0.160 e. The van der Waals surface area contributed by atoms with Gasteiger partial charge in [0.05, 0.1) is 4.88 Å². The maximum Gasteiger partial charge on any atom is 0.160 e. The van der Waals surface area contributed by atoms with E-state index in [-0.39, 0.29) is 0 Å². The number of carbonyl (C=O) groups is 1. The average Bonchev–Trinajstić information content (AvgIpc) is 3.18. The topological polar surface area (TPSA) is 20.3 Å². The van der Waals surface area contributed by atoms with Gasteiger partial charge in [0.15, 0.2) is 6.29 Å². The van der Waals surface area contributed by atoms with E-state index in [0.29, 0.717) is 0 Å². The van der Waals surface area contributed by atoms with E-state index >= 15 is 0 Å². The molecule has 3 rings (SSSR count). The molecular weight excluding hydrogens is 338 g/mol. The number of carbonyl (C=O) groups excluding carboxylic acids is 1. The Morgan fingerprint density at radius 2 is 1.58 bits per heavy atom. The maximum atomic E-state index is 10.9. The van der Waals surface area contributed by atoms with Gasteiger partial charge in [-0.2, -0.15) is 0 Å². The molecule has 0 amide bonds. The largest absolute Gasteiger partial charge is 0.311 e. The van der Waals surface area contributed by atoms with Crippen molar-refractivity contribution < 1.29 is 4.79 Å². The second-order valence-electron chi connectivity index (χ2n) is 5.57. The van der Waals surface area contributed by atoms with Gasteiger partial charge in [0.25, 0.3) is 0 Å². The average molecular weight is 357 g/mol. The molecule has 3 aromatic rings. The zero-order valence-corrected chi connectivity index (χ0v) is 15.2. The quantitative estimate of drug-likeness (QED) is 0.350. The summed E-state index contributed by atoms with van der Waals surface area (Å²) < 4.78 is 0. The highest BCUT2D eigenvalue weighted by molar-refractivity contribution is 7.17. The van der Waals surface area contributed by atoms with E-state index in [4.69, 9.17) is 0 Å². The predicted octanol–water partition coefficient (Wildman–Crippen LogP) is 6.62. The molecular formula is C23H19NOS. The number of thiophene rings is 1. The van der Waals surface area contributed by atoms with Crippen LogP contribution in [0.5, 0.6) is 0 Å². The Bertz CT molecular complexity index is 936. The second-order valence-corrected chi connectivity index (χ2v) is 6.68. The third-order valence-corrected chi connectivity index (χ3v) is 4.98. The van der Waals surface area contributed by atoms with Crippen molar-refractivity contribution in [3.63, 3.8) is 0 Å². The molecule has 0 aliphatic rings. The molecule has 0 fully saturated rings. The van der Waals surface area contributed by atoms with Crippen molar-refractivity contribution in [2.45, 2.75) is 0 Å². The van der Waals surface area contributed by atoms with Gasteiger partial charge in [0.2, 0.25) is 0 Å². The van der Waals surface area contributed by atoms with Crippen molar-refractivity contribution in [1.29, 1.82) is 0 Å². The van der Waals surface area contributed by atoms with Gasteiger partial charge >= 0.3 is 0 Å². The Balaban J connectivity index is 2.01. The normalized spacial score (nSPS) is 11.0. The molecule has 0 bridgehead atoms. The number of aldehydes is 1. The molecule has 2 aromatic carbocycles. The van der Waals surface area contributed by atoms with Gasteiger partial charge < -0.3 is 4.90 Å². The number of para-hydroxylation sites is 1. The zero-order chi connectivity index (χ0) is 18.4. The van der Waals surface area contributed by atoms with Crippen LogP contribution in [0.15, 0.2) is 104 Å². The van der Waals surface area contributed by atoms with Crippen molar-refractivity contribution in [2.75, 3.05) is 4.90 Å². The van der Waals surface area contributed by atoms with E-state index in [9.17, 15) is 4.79 Å². The first-order valence-corrected chi connectivity index (χ1v) is 9.04. The lowest BCUT2D eigenvalue weighted by molar-refractivity contribution is 0.112. The van der Waals surface area contributed by atoms with E-state index < -0.39 is 0 Å². The van der Waals surface area contributed by atoms with E-state index in [1.54, 1.807) is 6.08 Å². The van der Waals surface area contributed by atoms with Gasteiger partial charge in [-0.05, 0) is 54.1 Å². The minimum absolute atomic E-state index is 0.734. The summed E-state index contributed by atoms with van der Waals surface area (Å²) in [6.45, 7) is 7.74. The molecule has 0 aliphatic heterocycles. The molecule has 2 nitrogen and oxygen atoms in total. The molecule has 0 saturated carbocycles. The van der Waals surface area contributed by atoms with Crippen LogP contribution in [0.4, 0.5) is 11.4 Å². The number of hydrogen-bond acceptors (Lipinski definition) is 3. The van der Waals surface area contributed by atoms with Crippen molar-refractivity contribution in [2.24, 2.45) is 0 Å². The first-order chi connectivity index (χ1) is 12.8. The standard InChI is InChI=1S/C23H19NOS/c1-3-8-19(4-2)24(20-9-6-5-7-10-20)21-13-11-18(12-14-21)23-16-15-22(17-25)26-23/h3-17H,1-2H2/b19-8+. The number of anilines is 2. The van der Waals surface area contributed by atoms with Crippen LogP contribution in [-0.4, -0.2) is 6.29 Å². The monoisotopic (exact) mass is 357 g/mol. The first-order valence-electron chi connectivity index (χ1n) is 8.22. The van der Waals surface area contributed by atoms with Crippen LogP contribution in [0, 0.1) is 0 Å². The van der Waals surface area contributed by atoms with Crippen molar-refractivity contribution in [1.82, 2.24) is 0 Å². The second kappa shape index (κ2) is 8.28. The van der Waals surface area contributed by atoms with E-state index in [0.717, 1.165) is 38.7 Å². The number of rotatable bonds is 7. The molecule has 128 valence electrons. The summed E-state index contributed by atoms with van der Waals surface area (Å²) in [6.07, 6.45) is 6.39. The fourth-order valence-electron chi connectivity index (χ4n) is 2.72. The fraction of sp³-hybridized carbons (Fsp3) is 0. The summed E-state index contributed by atoms with van der Waals surface area (Å²) in [5.41, 5.74) is 4.11. The van der Waals surface area contributed by atoms with E-state index in [1.165, 1.54) is 11.3 Å². The molecule has 0 aliphatic carbocycles. The molecule has 0 N–H and O–H groups in total. The van der Waals surface area contributed by atoms with E-state index in [1.807, 2.05) is 42.5 Å². The fourth-order valence-corrected chi connectivity index (χ4v) is 3.55. The minimum atomic E-state index is 0.734.